The van der Waals surface area contributed by atoms with E-state index in [9.17, 15) is 9.59 Å². The van der Waals surface area contributed by atoms with Gasteiger partial charge in [0.2, 0.25) is 0 Å². The molecule has 0 aliphatic heterocycles. The Morgan fingerprint density at radius 3 is 1.46 bits per heavy atom. The van der Waals surface area contributed by atoms with Crippen molar-refractivity contribution < 1.29 is 19.1 Å². The van der Waals surface area contributed by atoms with Crippen LogP contribution in [0.15, 0.2) is 58.7 Å². The van der Waals surface area contributed by atoms with Crippen molar-refractivity contribution in [3.63, 3.8) is 0 Å². The van der Waals surface area contributed by atoms with Crippen LogP contribution >= 0.6 is 45.2 Å². The number of halogens is 2. The minimum atomic E-state index is -0.418. The van der Waals surface area contributed by atoms with Gasteiger partial charge in [0.05, 0.1) is 12.4 Å². The van der Waals surface area contributed by atoms with Crippen LogP contribution in [0.5, 0.6) is 11.5 Å². The molecule has 0 heterocycles. The Morgan fingerprint density at radius 2 is 1.11 bits per heavy atom. The van der Waals surface area contributed by atoms with Gasteiger partial charge >= 0.3 is 0 Å². The van der Waals surface area contributed by atoms with Crippen LogP contribution in [-0.4, -0.2) is 37.5 Å². The molecule has 0 atom stereocenters. The lowest BCUT2D eigenvalue weighted by Gasteiger charge is -2.04. The highest BCUT2D eigenvalue weighted by molar-refractivity contribution is 14.1. The summed E-state index contributed by atoms with van der Waals surface area (Å²) in [5.74, 6) is 0.351. The van der Waals surface area contributed by atoms with Crippen LogP contribution in [0.4, 0.5) is 0 Å². The summed E-state index contributed by atoms with van der Waals surface area (Å²) in [5, 5.41) is 7.32. The van der Waals surface area contributed by atoms with Crippen LogP contribution in [0.1, 0.15) is 0 Å². The van der Waals surface area contributed by atoms with E-state index in [1.54, 1.807) is 24.3 Å². The first-order valence-corrected chi connectivity index (χ1v) is 10.1. The number of benzene rings is 2. The second-order valence-corrected chi connectivity index (χ2v) is 7.60. The minimum absolute atomic E-state index is 0.165. The second kappa shape index (κ2) is 12.3. The first-order chi connectivity index (χ1) is 13.5. The third-order valence-corrected chi connectivity index (χ3v) is 4.40. The number of nitrogens with one attached hydrogen (secondary N) is 2. The second-order valence-electron chi connectivity index (χ2n) is 5.11. The van der Waals surface area contributed by atoms with E-state index in [0.29, 0.717) is 11.5 Å². The molecule has 0 aromatic heterocycles. The van der Waals surface area contributed by atoms with Gasteiger partial charge in [-0.3, -0.25) is 9.59 Å². The average Bonchev–Trinajstić information content (AvgIpc) is 2.69. The molecule has 8 nitrogen and oxygen atoms in total. The number of nitrogens with zero attached hydrogens (tertiary/aromatic N) is 2. The SMILES string of the molecule is O=C(COc1ccc(I)cc1)NN=CC=NNC(=O)COc1ccc(I)cc1. The molecule has 2 rings (SSSR count). The summed E-state index contributed by atoms with van der Waals surface area (Å²) in [5.41, 5.74) is 4.56. The maximum absolute atomic E-state index is 11.6. The molecule has 2 amide bonds. The smallest absolute Gasteiger partial charge is 0.277 e. The van der Waals surface area contributed by atoms with E-state index in [4.69, 9.17) is 9.47 Å². The van der Waals surface area contributed by atoms with E-state index in [2.05, 4.69) is 66.2 Å². The lowest BCUT2D eigenvalue weighted by molar-refractivity contribution is -0.123. The molecule has 2 aromatic carbocycles. The molecule has 0 saturated carbocycles. The van der Waals surface area contributed by atoms with Gasteiger partial charge in [-0.2, -0.15) is 10.2 Å². The van der Waals surface area contributed by atoms with Gasteiger partial charge in [-0.1, -0.05) is 0 Å². The summed E-state index contributed by atoms with van der Waals surface area (Å²) in [6.07, 6.45) is 2.45. The lowest BCUT2D eigenvalue weighted by atomic mass is 10.3. The summed E-state index contributed by atoms with van der Waals surface area (Å²) in [4.78, 5) is 23.2. The van der Waals surface area contributed by atoms with Crippen molar-refractivity contribution in [2.45, 2.75) is 0 Å². The molecule has 146 valence electrons. The van der Waals surface area contributed by atoms with Gasteiger partial charge in [0.1, 0.15) is 11.5 Å². The van der Waals surface area contributed by atoms with Gasteiger partial charge in [0, 0.05) is 7.14 Å². The van der Waals surface area contributed by atoms with Crippen LogP contribution in [0.3, 0.4) is 0 Å². The molecule has 0 bridgehead atoms. The predicted molar refractivity (Wildman–Crippen MR) is 123 cm³/mol. The maximum atomic E-state index is 11.6. The van der Waals surface area contributed by atoms with Gasteiger partial charge in [-0.05, 0) is 93.7 Å². The van der Waals surface area contributed by atoms with Crippen molar-refractivity contribution in [2.75, 3.05) is 13.2 Å². The summed E-state index contributed by atoms with van der Waals surface area (Å²) < 4.78 is 12.8. The Balaban J connectivity index is 1.59. The first kappa shape index (κ1) is 22.1. The van der Waals surface area contributed by atoms with Gasteiger partial charge in [-0.25, -0.2) is 10.9 Å². The summed E-state index contributed by atoms with van der Waals surface area (Å²) in [7, 11) is 0. The number of hydrogen-bond donors (Lipinski definition) is 2. The fraction of sp³-hybridized carbons (Fsp3) is 0.111. The van der Waals surface area contributed by atoms with Crippen molar-refractivity contribution in [3.05, 3.63) is 55.7 Å². The van der Waals surface area contributed by atoms with E-state index in [0.717, 1.165) is 7.14 Å². The summed E-state index contributed by atoms with van der Waals surface area (Å²) in [6, 6.07) is 14.6. The number of hydrogen-bond acceptors (Lipinski definition) is 6. The number of hydrazone groups is 2. The molecule has 0 fully saturated rings. The fourth-order valence-corrected chi connectivity index (χ4v) is 2.43. The highest BCUT2D eigenvalue weighted by Gasteiger charge is 2.02. The molecule has 0 aliphatic carbocycles. The zero-order valence-corrected chi connectivity index (χ0v) is 18.8. The molecule has 0 saturated heterocycles. The number of amides is 2. The predicted octanol–water partition coefficient (Wildman–Crippen LogP) is 2.56. The third-order valence-electron chi connectivity index (χ3n) is 2.96. The van der Waals surface area contributed by atoms with Crippen LogP contribution in [0.25, 0.3) is 0 Å². The normalized spacial score (nSPS) is 10.8. The first-order valence-electron chi connectivity index (χ1n) is 7.92. The van der Waals surface area contributed by atoms with Gasteiger partial charge in [-0.15, -0.1) is 0 Å². The molecule has 0 spiro atoms. The van der Waals surface area contributed by atoms with Gasteiger partial charge < -0.3 is 9.47 Å². The van der Waals surface area contributed by atoms with E-state index in [1.807, 2.05) is 24.3 Å². The van der Waals surface area contributed by atoms with E-state index in [1.165, 1.54) is 12.4 Å². The number of carbonyl (C=O) groups is 2. The number of ether oxygens (including phenoxy) is 2. The Kier molecular flexibility index (Phi) is 9.68. The molecule has 2 aromatic rings. The van der Waals surface area contributed by atoms with Gasteiger partial charge in [0.15, 0.2) is 13.2 Å². The van der Waals surface area contributed by atoms with E-state index in [-0.39, 0.29) is 13.2 Å². The Hall–Kier alpha value is -2.22. The minimum Gasteiger partial charge on any atom is -0.484 e. The maximum Gasteiger partial charge on any atom is 0.277 e. The molecule has 0 radical (unpaired) electrons. The number of carbonyl (C=O) groups excluding carboxylic acids is 2. The third kappa shape index (κ3) is 9.12. The Morgan fingerprint density at radius 1 is 0.750 bits per heavy atom. The van der Waals surface area contributed by atoms with Crippen molar-refractivity contribution in [2.24, 2.45) is 10.2 Å². The summed E-state index contributed by atoms with van der Waals surface area (Å²) >= 11 is 4.36. The molecule has 0 unspecified atom stereocenters. The molecule has 0 aliphatic rings. The van der Waals surface area contributed by atoms with Crippen LogP contribution in [0, 0.1) is 7.14 Å². The van der Waals surface area contributed by atoms with Crippen LogP contribution in [-0.2, 0) is 9.59 Å². The van der Waals surface area contributed by atoms with Crippen molar-refractivity contribution >= 4 is 69.4 Å². The molecule has 28 heavy (non-hydrogen) atoms. The molecular weight excluding hydrogens is 590 g/mol. The molecule has 2 N–H and O–H groups in total. The standard InChI is InChI=1S/C18H16I2N4O4/c19-13-1-5-15(6-2-13)27-11-17(25)23-21-9-10-22-24-18(26)12-28-16-7-3-14(20)4-8-16/h1-10H,11-12H2,(H,23,25)(H,24,26). The largest absolute Gasteiger partial charge is 0.484 e. The zero-order chi connectivity index (χ0) is 20.2. The van der Waals surface area contributed by atoms with Crippen LogP contribution in [0.2, 0.25) is 0 Å². The Labute approximate surface area is 189 Å². The fourth-order valence-electron chi connectivity index (χ4n) is 1.71. The van der Waals surface area contributed by atoms with Gasteiger partial charge in [0.25, 0.3) is 11.8 Å². The van der Waals surface area contributed by atoms with Crippen LogP contribution < -0.4 is 20.3 Å². The van der Waals surface area contributed by atoms with E-state index < -0.39 is 11.8 Å². The van der Waals surface area contributed by atoms with Crippen molar-refractivity contribution in [3.8, 4) is 11.5 Å². The number of rotatable bonds is 9. The molecular formula is C18H16I2N4O4. The highest BCUT2D eigenvalue weighted by atomic mass is 127. The summed E-state index contributed by atoms with van der Waals surface area (Å²) in [6.45, 7) is -0.330. The topological polar surface area (TPSA) is 101 Å². The van der Waals surface area contributed by atoms with Crippen molar-refractivity contribution in [1.29, 1.82) is 0 Å². The lowest BCUT2D eigenvalue weighted by Crippen LogP contribution is -2.25. The highest BCUT2D eigenvalue weighted by Crippen LogP contribution is 2.13. The zero-order valence-electron chi connectivity index (χ0n) is 14.5. The van der Waals surface area contributed by atoms with E-state index >= 15 is 0 Å². The monoisotopic (exact) mass is 606 g/mol. The Bertz CT molecular complexity index is 768. The van der Waals surface area contributed by atoms with Crippen molar-refractivity contribution in [1.82, 2.24) is 10.9 Å². The quantitative estimate of drug-likeness (QED) is 0.261. The average molecular weight is 606 g/mol. The molecule has 10 heteroatoms.